The fraction of sp³-hybridized carbons (Fsp3) is 0.706. The lowest BCUT2D eigenvalue weighted by molar-refractivity contribution is 0.0295. The van der Waals surface area contributed by atoms with Crippen LogP contribution in [0, 0.1) is 5.92 Å². The molecule has 3 unspecified atom stereocenters. The van der Waals surface area contributed by atoms with Gasteiger partial charge in [0.15, 0.2) is 12.1 Å². The summed E-state index contributed by atoms with van der Waals surface area (Å²) in [7, 11) is 0. The van der Waals surface area contributed by atoms with Crippen LogP contribution < -0.4 is 5.32 Å². The average Bonchev–Trinajstić information content (AvgIpc) is 3.00. The van der Waals surface area contributed by atoms with E-state index < -0.39 is 11.7 Å². The number of amides is 2. The Morgan fingerprint density at radius 1 is 1.38 bits per heavy atom. The molecule has 1 saturated heterocycles. The molecule has 7 heteroatoms. The molecular formula is C17H27N3O4. The molecule has 24 heavy (non-hydrogen) atoms. The maximum atomic E-state index is 12.8. The summed E-state index contributed by atoms with van der Waals surface area (Å²) in [6.45, 7) is 9.97. The number of hydrogen-bond donors (Lipinski definition) is 1. The molecular weight excluding hydrogens is 310 g/mol. The van der Waals surface area contributed by atoms with E-state index in [-0.39, 0.29) is 18.0 Å². The smallest absolute Gasteiger partial charge is 0.407 e. The van der Waals surface area contributed by atoms with E-state index in [0.29, 0.717) is 18.2 Å². The summed E-state index contributed by atoms with van der Waals surface area (Å²) in [5.74, 6) is 0.220. The van der Waals surface area contributed by atoms with Crippen LogP contribution in [-0.2, 0) is 4.74 Å². The number of oxazole rings is 1. The number of hydrogen-bond acceptors (Lipinski definition) is 5. The molecule has 2 amide bonds. The molecule has 0 saturated carbocycles. The van der Waals surface area contributed by atoms with Crippen molar-refractivity contribution in [1.29, 1.82) is 0 Å². The molecule has 2 rings (SSSR count). The minimum Gasteiger partial charge on any atom is -0.451 e. The number of alkyl carbamates (subject to hydrolysis) is 1. The summed E-state index contributed by atoms with van der Waals surface area (Å²) in [5.41, 5.74) is -0.257. The Hall–Kier alpha value is -2.05. The largest absolute Gasteiger partial charge is 0.451 e. The predicted molar refractivity (Wildman–Crippen MR) is 88.6 cm³/mol. The van der Waals surface area contributed by atoms with E-state index in [9.17, 15) is 9.59 Å². The zero-order valence-corrected chi connectivity index (χ0v) is 15.0. The number of nitrogens with zero attached hydrogens (tertiary/aromatic N) is 2. The van der Waals surface area contributed by atoms with Crippen LogP contribution in [0.1, 0.15) is 57.9 Å². The number of ether oxygens (including phenoxy) is 1. The number of carbonyl (C=O) groups excluding carboxylic acids is 2. The molecule has 7 nitrogen and oxygen atoms in total. The van der Waals surface area contributed by atoms with Crippen molar-refractivity contribution in [3.05, 3.63) is 18.4 Å². The first-order chi connectivity index (χ1) is 11.2. The molecule has 1 fully saturated rings. The number of aromatic nitrogens is 1. The van der Waals surface area contributed by atoms with Gasteiger partial charge in [0.05, 0.1) is 0 Å². The van der Waals surface area contributed by atoms with E-state index in [4.69, 9.17) is 9.15 Å². The molecule has 1 aromatic heterocycles. The highest BCUT2D eigenvalue weighted by Gasteiger charge is 2.37. The van der Waals surface area contributed by atoms with Crippen LogP contribution >= 0.6 is 0 Å². The van der Waals surface area contributed by atoms with Gasteiger partial charge in [0.25, 0.3) is 5.91 Å². The molecule has 0 spiro atoms. The zero-order chi connectivity index (χ0) is 17.9. The van der Waals surface area contributed by atoms with Crippen LogP contribution in [0.3, 0.4) is 0 Å². The summed E-state index contributed by atoms with van der Waals surface area (Å²) >= 11 is 0. The van der Waals surface area contributed by atoms with Gasteiger partial charge in [0, 0.05) is 18.6 Å². The van der Waals surface area contributed by atoms with Crippen molar-refractivity contribution in [2.45, 2.75) is 65.1 Å². The second-order valence-corrected chi connectivity index (χ2v) is 7.42. The Kier molecular flexibility index (Phi) is 5.51. The van der Waals surface area contributed by atoms with E-state index in [1.807, 2.05) is 32.6 Å². The van der Waals surface area contributed by atoms with E-state index in [1.54, 1.807) is 0 Å². The normalized spacial score (nSPS) is 24.5. The van der Waals surface area contributed by atoms with Gasteiger partial charge in [0.2, 0.25) is 0 Å². The third-order valence-corrected chi connectivity index (χ3v) is 4.38. The first-order valence-electron chi connectivity index (χ1n) is 8.36. The van der Waals surface area contributed by atoms with Crippen LogP contribution in [-0.4, -0.2) is 46.1 Å². The quantitative estimate of drug-likeness (QED) is 0.917. The first kappa shape index (κ1) is 18.3. The summed E-state index contributed by atoms with van der Waals surface area (Å²) < 4.78 is 10.2. The minimum absolute atomic E-state index is 0.0633. The first-order valence-corrected chi connectivity index (χ1v) is 8.36. The molecule has 0 aliphatic carbocycles. The second-order valence-electron chi connectivity index (χ2n) is 7.42. The monoisotopic (exact) mass is 337 g/mol. The van der Waals surface area contributed by atoms with E-state index in [1.165, 1.54) is 12.7 Å². The van der Waals surface area contributed by atoms with E-state index in [0.717, 1.165) is 12.8 Å². The van der Waals surface area contributed by atoms with Crippen LogP contribution in [0.4, 0.5) is 4.79 Å². The van der Waals surface area contributed by atoms with Crippen molar-refractivity contribution in [2.24, 2.45) is 5.92 Å². The molecule has 0 aromatic carbocycles. The van der Waals surface area contributed by atoms with E-state index in [2.05, 4.69) is 17.2 Å². The number of nitrogens with one attached hydrogen (secondary N) is 1. The van der Waals surface area contributed by atoms with Crippen LogP contribution in [0.5, 0.6) is 0 Å². The topological polar surface area (TPSA) is 84.7 Å². The fourth-order valence-electron chi connectivity index (χ4n) is 2.96. The molecule has 1 N–H and O–H groups in total. The molecule has 134 valence electrons. The van der Waals surface area contributed by atoms with Gasteiger partial charge < -0.3 is 19.4 Å². The number of likely N-dealkylation sites (tertiary alicyclic amines) is 1. The third kappa shape index (κ3) is 4.49. The van der Waals surface area contributed by atoms with Crippen molar-refractivity contribution >= 4 is 12.0 Å². The van der Waals surface area contributed by atoms with Crippen LogP contribution in [0.15, 0.2) is 17.1 Å². The molecule has 1 aliphatic rings. The van der Waals surface area contributed by atoms with Gasteiger partial charge in [-0.15, -0.1) is 0 Å². The number of piperidine rings is 1. The standard InChI is InChI=1S/C17H27N3O4/c1-11-6-7-13(8-18-16(22)24-17(3,4)5)20(12(11)2)15(21)14-9-23-10-19-14/h9-13H,6-8H2,1-5H3,(H,18,22). The summed E-state index contributed by atoms with van der Waals surface area (Å²) in [5, 5.41) is 2.78. The van der Waals surface area contributed by atoms with Gasteiger partial charge in [-0.3, -0.25) is 4.79 Å². The lowest BCUT2D eigenvalue weighted by Gasteiger charge is -2.43. The minimum atomic E-state index is -0.547. The van der Waals surface area contributed by atoms with Gasteiger partial charge in [-0.05, 0) is 46.5 Å². The van der Waals surface area contributed by atoms with Gasteiger partial charge in [0.1, 0.15) is 11.9 Å². The lowest BCUT2D eigenvalue weighted by Crippen LogP contribution is -2.56. The van der Waals surface area contributed by atoms with Crippen molar-refractivity contribution in [3.63, 3.8) is 0 Å². The number of rotatable bonds is 3. The summed E-state index contributed by atoms with van der Waals surface area (Å²) in [4.78, 5) is 30.4. The Morgan fingerprint density at radius 2 is 2.08 bits per heavy atom. The van der Waals surface area contributed by atoms with Crippen molar-refractivity contribution in [2.75, 3.05) is 6.54 Å². The summed E-state index contributed by atoms with van der Waals surface area (Å²) in [6.07, 6.45) is 3.96. The molecule has 1 aromatic rings. The maximum Gasteiger partial charge on any atom is 0.407 e. The lowest BCUT2D eigenvalue weighted by atomic mass is 9.87. The molecule has 0 radical (unpaired) electrons. The average molecular weight is 337 g/mol. The van der Waals surface area contributed by atoms with Crippen LogP contribution in [0.2, 0.25) is 0 Å². The Morgan fingerprint density at radius 3 is 2.67 bits per heavy atom. The Labute approximate surface area is 142 Å². The van der Waals surface area contributed by atoms with E-state index >= 15 is 0 Å². The maximum absolute atomic E-state index is 12.8. The van der Waals surface area contributed by atoms with Gasteiger partial charge >= 0.3 is 6.09 Å². The highest BCUT2D eigenvalue weighted by Crippen LogP contribution is 2.29. The van der Waals surface area contributed by atoms with Gasteiger partial charge in [-0.25, -0.2) is 9.78 Å². The summed E-state index contributed by atoms with van der Waals surface area (Å²) in [6, 6.07) is -0.0266. The molecule has 1 aliphatic heterocycles. The Balaban J connectivity index is 2.05. The highest BCUT2D eigenvalue weighted by atomic mass is 16.6. The molecule has 0 bridgehead atoms. The number of carbonyl (C=O) groups is 2. The predicted octanol–water partition coefficient (Wildman–Crippen LogP) is 2.83. The van der Waals surface area contributed by atoms with Crippen molar-refractivity contribution in [1.82, 2.24) is 15.2 Å². The third-order valence-electron chi connectivity index (χ3n) is 4.38. The Bertz CT molecular complexity index is 565. The second kappa shape index (κ2) is 7.23. The van der Waals surface area contributed by atoms with Gasteiger partial charge in [-0.1, -0.05) is 6.92 Å². The van der Waals surface area contributed by atoms with Crippen molar-refractivity contribution < 1.29 is 18.7 Å². The van der Waals surface area contributed by atoms with Gasteiger partial charge in [-0.2, -0.15) is 0 Å². The van der Waals surface area contributed by atoms with Crippen LogP contribution in [0.25, 0.3) is 0 Å². The molecule has 2 heterocycles. The highest BCUT2D eigenvalue weighted by molar-refractivity contribution is 5.92. The zero-order valence-electron chi connectivity index (χ0n) is 15.0. The SMILES string of the molecule is CC1CCC(CNC(=O)OC(C)(C)C)N(C(=O)c2cocn2)C1C. The molecule has 3 atom stereocenters. The fourth-order valence-corrected chi connectivity index (χ4v) is 2.96. The van der Waals surface area contributed by atoms with Crippen molar-refractivity contribution in [3.8, 4) is 0 Å².